The molecule has 1 fully saturated rings. The third-order valence-corrected chi connectivity index (χ3v) is 4.25. The summed E-state index contributed by atoms with van der Waals surface area (Å²) in [6.45, 7) is 8.29. The van der Waals surface area contributed by atoms with Crippen LogP contribution >= 0.6 is 0 Å². The lowest BCUT2D eigenvalue weighted by molar-refractivity contribution is -0.127. The maximum Gasteiger partial charge on any atom is 0.260 e. The van der Waals surface area contributed by atoms with Crippen LogP contribution in [0.1, 0.15) is 33.1 Å². The molecule has 1 aromatic rings. The highest BCUT2D eigenvalue weighted by atomic mass is 16.5. The van der Waals surface area contributed by atoms with Crippen LogP contribution in [0.5, 0.6) is 5.75 Å². The van der Waals surface area contributed by atoms with Crippen LogP contribution < -0.4 is 10.1 Å². The van der Waals surface area contributed by atoms with Crippen LogP contribution in [0.15, 0.2) is 30.3 Å². The van der Waals surface area contributed by atoms with Gasteiger partial charge in [0.15, 0.2) is 6.10 Å². The number of piperidine rings is 1. The topological polar surface area (TPSA) is 41.6 Å². The third kappa shape index (κ3) is 5.68. The number of nitrogens with zero attached hydrogens (tertiary/aromatic N) is 1. The van der Waals surface area contributed by atoms with Gasteiger partial charge in [-0.25, -0.2) is 0 Å². The number of hydrogen-bond donors (Lipinski definition) is 1. The van der Waals surface area contributed by atoms with Crippen molar-refractivity contribution in [3.63, 3.8) is 0 Å². The molecule has 0 bridgehead atoms. The Balaban J connectivity index is 1.59. The molecule has 0 aromatic heterocycles. The molecule has 4 nitrogen and oxygen atoms in total. The molecule has 0 unspecified atom stereocenters. The van der Waals surface area contributed by atoms with Crippen molar-refractivity contribution in [1.82, 2.24) is 10.2 Å². The highest BCUT2D eigenvalue weighted by Crippen LogP contribution is 2.15. The van der Waals surface area contributed by atoms with Crippen molar-refractivity contribution in [2.45, 2.75) is 39.2 Å². The van der Waals surface area contributed by atoms with Crippen LogP contribution in [0.3, 0.4) is 0 Å². The molecule has 0 radical (unpaired) electrons. The Bertz CT molecular complexity index is 442. The molecule has 1 N–H and O–H groups in total. The summed E-state index contributed by atoms with van der Waals surface area (Å²) in [5.41, 5.74) is 0. The van der Waals surface area contributed by atoms with Gasteiger partial charge in [-0.3, -0.25) is 4.79 Å². The first-order valence-corrected chi connectivity index (χ1v) is 8.37. The minimum absolute atomic E-state index is 0.0453. The van der Waals surface area contributed by atoms with Crippen molar-refractivity contribution in [2.75, 3.05) is 26.2 Å². The van der Waals surface area contributed by atoms with Gasteiger partial charge in [0.2, 0.25) is 0 Å². The van der Waals surface area contributed by atoms with Gasteiger partial charge in [-0.15, -0.1) is 0 Å². The summed E-state index contributed by atoms with van der Waals surface area (Å²) >= 11 is 0. The highest BCUT2D eigenvalue weighted by Gasteiger charge is 2.16. The first kappa shape index (κ1) is 16.8. The van der Waals surface area contributed by atoms with Crippen LogP contribution in [0.4, 0.5) is 0 Å². The number of likely N-dealkylation sites (tertiary alicyclic amines) is 1. The minimum Gasteiger partial charge on any atom is -0.481 e. The fraction of sp³-hybridized carbons (Fsp3) is 0.611. The van der Waals surface area contributed by atoms with Crippen LogP contribution in [-0.2, 0) is 4.79 Å². The summed E-state index contributed by atoms with van der Waals surface area (Å²) in [6.07, 6.45) is 3.14. The molecule has 1 aromatic carbocycles. The summed E-state index contributed by atoms with van der Waals surface area (Å²) in [5.74, 6) is 1.55. The van der Waals surface area contributed by atoms with Crippen molar-refractivity contribution >= 4 is 5.91 Å². The minimum atomic E-state index is -0.460. The van der Waals surface area contributed by atoms with Gasteiger partial charge in [0, 0.05) is 6.54 Å². The van der Waals surface area contributed by atoms with E-state index in [0.717, 1.165) is 24.6 Å². The molecule has 2 rings (SSSR count). The monoisotopic (exact) mass is 304 g/mol. The van der Waals surface area contributed by atoms with Gasteiger partial charge in [-0.05, 0) is 63.9 Å². The predicted octanol–water partition coefficient (Wildman–Crippen LogP) is 2.69. The number of carbonyl (C=O) groups excluding carboxylic acids is 1. The van der Waals surface area contributed by atoms with Gasteiger partial charge in [0.1, 0.15) is 5.75 Å². The summed E-state index contributed by atoms with van der Waals surface area (Å²) in [7, 11) is 0. The van der Waals surface area contributed by atoms with E-state index in [1.54, 1.807) is 6.92 Å². The maximum absolute atomic E-state index is 12.0. The van der Waals surface area contributed by atoms with Gasteiger partial charge >= 0.3 is 0 Å². The molecule has 1 atom stereocenters. The molecular weight excluding hydrogens is 276 g/mol. The fourth-order valence-electron chi connectivity index (χ4n) is 2.70. The molecular formula is C18H28N2O2. The van der Waals surface area contributed by atoms with Crippen LogP contribution in [-0.4, -0.2) is 43.1 Å². The van der Waals surface area contributed by atoms with Crippen LogP contribution in [0, 0.1) is 5.92 Å². The van der Waals surface area contributed by atoms with E-state index in [0.29, 0.717) is 6.54 Å². The van der Waals surface area contributed by atoms with Gasteiger partial charge < -0.3 is 15.0 Å². The fourth-order valence-corrected chi connectivity index (χ4v) is 2.70. The van der Waals surface area contributed by atoms with E-state index in [4.69, 9.17) is 4.74 Å². The molecule has 1 amide bonds. The summed E-state index contributed by atoms with van der Waals surface area (Å²) in [4.78, 5) is 14.5. The first-order chi connectivity index (χ1) is 10.6. The van der Waals surface area contributed by atoms with Crippen molar-refractivity contribution in [1.29, 1.82) is 0 Å². The van der Waals surface area contributed by atoms with E-state index in [1.165, 1.54) is 25.9 Å². The normalized spacial score (nSPS) is 17.9. The Kier molecular flexibility index (Phi) is 6.72. The number of para-hydroxylation sites is 1. The molecule has 0 spiro atoms. The van der Waals surface area contributed by atoms with Crippen molar-refractivity contribution in [3.8, 4) is 5.75 Å². The second-order valence-electron chi connectivity index (χ2n) is 6.24. The number of rotatable bonds is 7. The van der Waals surface area contributed by atoms with E-state index in [1.807, 2.05) is 30.3 Å². The van der Waals surface area contributed by atoms with Crippen molar-refractivity contribution in [2.24, 2.45) is 5.92 Å². The number of carbonyl (C=O) groups is 1. The van der Waals surface area contributed by atoms with Crippen LogP contribution in [0.25, 0.3) is 0 Å². The zero-order chi connectivity index (χ0) is 15.8. The number of benzene rings is 1. The van der Waals surface area contributed by atoms with E-state index < -0.39 is 6.10 Å². The largest absolute Gasteiger partial charge is 0.481 e. The summed E-state index contributed by atoms with van der Waals surface area (Å²) in [6, 6.07) is 9.46. The smallest absolute Gasteiger partial charge is 0.260 e. The highest BCUT2D eigenvalue weighted by molar-refractivity contribution is 5.80. The average Bonchev–Trinajstić information content (AvgIpc) is 2.54. The molecule has 1 saturated heterocycles. The Hall–Kier alpha value is -1.55. The van der Waals surface area contributed by atoms with E-state index >= 15 is 0 Å². The number of ether oxygens (including phenoxy) is 1. The SMILES string of the molecule is CC1CCN(CCCNC(=O)[C@@H](C)Oc2ccccc2)CC1. The molecule has 0 aliphatic carbocycles. The molecule has 4 heteroatoms. The zero-order valence-electron chi connectivity index (χ0n) is 13.8. The third-order valence-electron chi connectivity index (χ3n) is 4.25. The lowest BCUT2D eigenvalue weighted by Gasteiger charge is -2.30. The second kappa shape index (κ2) is 8.79. The molecule has 1 aliphatic rings. The van der Waals surface area contributed by atoms with Gasteiger partial charge in [0.05, 0.1) is 0 Å². The zero-order valence-corrected chi connectivity index (χ0v) is 13.8. The summed E-state index contributed by atoms with van der Waals surface area (Å²) in [5, 5.41) is 2.96. The number of amides is 1. The lowest BCUT2D eigenvalue weighted by Crippen LogP contribution is -2.39. The maximum atomic E-state index is 12.0. The average molecular weight is 304 g/mol. The van der Waals surface area contributed by atoms with Crippen molar-refractivity contribution < 1.29 is 9.53 Å². The first-order valence-electron chi connectivity index (χ1n) is 8.37. The lowest BCUT2D eigenvalue weighted by atomic mass is 9.99. The van der Waals surface area contributed by atoms with E-state index in [-0.39, 0.29) is 5.91 Å². The second-order valence-corrected chi connectivity index (χ2v) is 6.24. The quantitative estimate of drug-likeness (QED) is 0.788. The standard InChI is InChI=1S/C18H28N2O2/c1-15-9-13-20(14-10-15)12-6-11-19-18(21)16(2)22-17-7-4-3-5-8-17/h3-5,7-8,15-16H,6,9-14H2,1-2H3,(H,19,21)/t16-/m1/s1. The van der Waals surface area contributed by atoms with Gasteiger partial charge in [-0.2, -0.15) is 0 Å². The Labute approximate surface area is 133 Å². The molecule has 1 heterocycles. The molecule has 1 aliphatic heterocycles. The van der Waals surface area contributed by atoms with Gasteiger partial charge in [-0.1, -0.05) is 25.1 Å². The number of nitrogens with one attached hydrogen (secondary N) is 1. The predicted molar refractivity (Wildman–Crippen MR) is 89.0 cm³/mol. The Morgan fingerprint density at radius 2 is 2.00 bits per heavy atom. The number of hydrogen-bond acceptors (Lipinski definition) is 3. The van der Waals surface area contributed by atoms with E-state index in [2.05, 4.69) is 17.1 Å². The molecule has 22 heavy (non-hydrogen) atoms. The Morgan fingerprint density at radius 1 is 1.32 bits per heavy atom. The Morgan fingerprint density at radius 3 is 2.68 bits per heavy atom. The summed E-state index contributed by atoms with van der Waals surface area (Å²) < 4.78 is 5.61. The van der Waals surface area contributed by atoms with Crippen LogP contribution in [0.2, 0.25) is 0 Å². The van der Waals surface area contributed by atoms with Gasteiger partial charge in [0.25, 0.3) is 5.91 Å². The molecule has 122 valence electrons. The van der Waals surface area contributed by atoms with E-state index in [9.17, 15) is 4.79 Å². The van der Waals surface area contributed by atoms with Crippen molar-refractivity contribution in [3.05, 3.63) is 30.3 Å². The molecule has 0 saturated carbocycles.